The van der Waals surface area contributed by atoms with Crippen molar-refractivity contribution in [2.75, 3.05) is 18.5 Å². The van der Waals surface area contributed by atoms with Gasteiger partial charge < -0.3 is 20.1 Å². The van der Waals surface area contributed by atoms with Gasteiger partial charge in [0.1, 0.15) is 11.8 Å². The Morgan fingerprint density at radius 2 is 1.53 bits per heavy atom. The number of para-hydroxylation sites is 1. The van der Waals surface area contributed by atoms with E-state index in [4.69, 9.17) is 4.74 Å². The van der Waals surface area contributed by atoms with E-state index in [1.807, 2.05) is 81.1 Å². The number of hydrogen-bond acceptors (Lipinski definition) is 5. The molecule has 0 radical (unpaired) electrons. The van der Waals surface area contributed by atoms with Crippen LogP contribution in [0.25, 0.3) is 0 Å². The number of amides is 1. The number of carbonyl (C=O) groups is 3. The van der Waals surface area contributed by atoms with Crippen LogP contribution in [0, 0.1) is 12.3 Å². The van der Waals surface area contributed by atoms with Gasteiger partial charge in [-0.25, -0.2) is 4.79 Å². The van der Waals surface area contributed by atoms with Gasteiger partial charge in [-0.1, -0.05) is 105 Å². The van der Waals surface area contributed by atoms with Crippen molar-refractivity contribution in [2.24, 2.45) is 5.41 Å². The molecule has 0 unspecified atom stereocenters. The summed E-state index contributed by atoms with van der Waals surface area (Å²) in [7, 11) is 0. The third-order valence-corrected chi connectivity index (χ3v) is 7.42. The van der Waals surface area contributed by atoms with E-state index >= 15 is 0 Å². The van der Waals surface area contributed by atoms with Crippen LogP contribution in [-0.2, 0) is 22.6 Å². The van der Waals surface area contributed by atoms with Crippen molar-refractivity contribution in [3.63, 3.8) is 0 Å². The fourth-order valence-corrected chi connectivity index (χ4v) is 5.10. The lowest BCUT2D eigenvalue weighted by molar-refractivity contribution is -0.140. The molecule has 0 saturated carbocycles. The lowest BCUT2D eigenvalue weighted by Crippen LogP contribution is -2.40. The average molecular weight is 607 g/mol. The molecule has 4 rings (SSSR count). The molecular weight excluding hydrogens is 564 g/mol. The molecule has 7 heteroatoms. The molecule has 4 aromatic carbocycles. The highest BCUT2D eigenvalue weighted by Crippen LogP contribution is 2.23. The fraction of sp³-hybridized carbons (Fsp3) is 0.289. The van der Waals surface area contributed by atoms with Gasteiger partial charge in [-0.05, 0) is 48.7 Å². The van der Waals surface area contributed by atoms with Crippen molar-refractivity contribution in [2.45, 2.75) is 53.1 Å². The molecule has 1 atom stereocenters. The molecule has 0 aliphatic heterocycles. The zero-order valence-corrected chi connectivity index (χ0v) is 26.5. The van der Waals surface area contributed by atoms with Gasteiger partial charge in [-0.2, -0.15) is 0 Å². The van der Waals surface area contributed by atoms with Crippen LogP contribution in [0.2, 0.25) is 0 Å². The largest absolute Gasteiger partial charge is 0.494 e. The van der Waals surface area contributed by atoms with Crippen molar-refractivity contribution in [1.82, 2.24) is 4.90 Å². The van der Waals surface area contributed by atoms with Crippen molar-refractivity contribution in [3.05, 3.63) is 131 Å². The Kier molecular flexibility index (Phi) is 11.1. The average Bonchev–Trinajstić information content (AvgIpc) is 3.02. The monoisotopic (exact) mass is 606 g/mol. The Morgan fingerprint density at radius 1 is 0.844 bits per heavy atom. The maximum atomic E-state index is 13.1. The molecule has 0 bridgehead atoms. The van der Waals surface area contributed by atoms with Crippen LogP contribution in [-0.4, -0.2) is 46.9 Å². The van der Waals surface area contributed by atoms with Crippen LogP contribution in [0.3, 0.4) is 0 Å². The van der Waals surface area contributed by atoms with Gasteiger partial charge in [0.05, 0.1) is 6.61 Å². The number of carboxylic acid groups (broad SMARTS) is 1. The molecule has 0 fully saturated rings. The van der Waals surface area contributed by atoms with Gasteiger partial charge in [-0.3, -0.25) is 9.59 Å². The van der Waals surface area contributed by atoms with Gasteiger partial charge >= 0.3 is 5.97 Å². The Hall–Kier alpha value is -4.91. The quantitative estimate of drug-likeness (QED) is 0.117. The number of nitrogens with one attached hydrogen (secondary N) is 1. The summed E-state index contributed by atoms with van der Waals surface area (Å²) in [5.41, 5.74) is 4.02. The van der Waals surface area contributed by atoms with E-state index in [0.717, 1.165) is 16.7 Å². The maximum Gasteiger partial charge on any atom is 0.326 e. The predicted molar refractivity (Wildman–Crippen MR) is 178 cm³/mol. The summed E-state index contributed by atoms with van der Waals surface area (Å²) in [6.45, 7) is 9.41. The number of rotatable bonds is 14. The van der Waals surface area contributed by atoms with Gasteiger partial charge in [0.25, 0.3) is 0 Å². The molecule has 0 saturated heterocycles. The second-order valence-corrected chi connectivity index (χ2v) is 12.3. The number of carboxylic acids is 1. The standard InChI is InChI=1S/C38H42N2O5/c1-27-12-10-13-29(24-27)26-40(37(44)38(2,3)4)22-11-23-45-31-20-18-28(19-21-31)25-34(36(42)43)39-33-17-9-8-16-32(33)35(41)30-14-6-5-7-15-30/h5-10,12-21,24,34,39H,11,22-23,25-26H2,1-4H3,(H,42,43)/t34-/m0/s1. The molecule has 1 amide bonds. The summed E-state index contributed by atoms with van der Waals surface area (Å²) < 4.78 is 5.97. The molecule has 0 aliphatic rings. The molecule has 7 nitrogen and oxygen atoms in total. The molecule has 2 N–H and O–H groups in total. The summed E-state index contributed by atoms with van der Waals surface area (Å²) in [5, 5.41) is 13.1. The number of nitrogens with zero attached hydrogens (tertiary/aromatic N) is 1. The lowest BCUT2D eigenvalue weighted by Gasteiger charge is -2.30. The molecule has 0 aromatic heterocycles. The predicted octanol–water partition coefficient (Wildman–Crippen LogP) is 7.18. The first-order valence-electron chi connectivity index (χ1n) is 15.3. The highest BCUT2D eigenvalue weighted by atomic mass is 16.5. The maximum absolute atomic E-state index is 13.1. The summed E-state index contributed by atoms with van der Waals surface area (Å²) in [5.74, 6) is -0.422. The van der Waals surface area contributed by atoms with Crippen LogP contribution in [0.5, 0.6) is 5.75 Å². The number of benzene rings is 4. The van der Waals surface area contributed by atoms with Crippen molar-refractivity contribution in [3.8, 4) is 5.75 Å². The van der Waals surface area contributed by atoms with Crippen molar-refractivity contribution in [1.29, 1.82) is 0 Å². The van der Waals surface area contributed by atoms with Crippen LogP contribution < -0.4 is 10.1 Å². The van der Waals surface area contributed by atoms with Crippen molar-refractivity contribution < 1.29 is 24.2 Å². The van der Waals surface area contributed by atoms with Gasteiger partial charge in [0.15, 0.2) is 5.78 Å². The van der Waals surface area contributed by atoms with E-state index in [1.54, 1.807) is 48.5 Å². The minimum Gasteiger partial charge on any atom is -0.494 e. The lowest BCUT2D eigenvalue weighted by atomic mass is 9.94. The number of anilines is 1. The summed E-state index contributed by atoms with van der Waals surface area (Å²) in [6.07, 6.45) is 0.883. The summed E-state index contributed by atoms with van der Waals surface area (Å²) >= 11 is 0. The third kappa shape index (κ3) is 9.54. The Bertz CT molecular complexity index is 1590. The number of aliphatic carboxylic acids is 1. The molecular formula is C38H42N2O5. The van der Waals surface area contributed by atoms with Crippen LogP contribution >= 0.6 is 0 Å². The van der Waals surface area contributed by atoms with E-state index in [1.165, 1.54) is 0 Å². The van der Waals surface area contributed by atoms with Crippen LogP contribution in [0.1, 0.15) is 59.8 Å². The van der Waals surface area contributed by atoms with E-state index in [2.05, 4.69) is 11.4 Å². The van der Waals surface area contributed by atoms with E-state index in [0.29, 0.717) is 48.7 Å². The third-order valence-electron chi connectivity index (χ3n) is 7.42. The second kappa shape index (κ2) is 15.2. The van der Waals surface area contributed by atoms with E-state index in [-0.39, 0.29) is 18.1 Å². The van der Waals surface area contributed by atoms with Gasteiger partial charge in [0.2, 0.25) is 5.91 Å². The van der Waals surface area contributed by atoms with E-state index in [9.17, 15) is 19.5 Å². The first kappa shape index (κ1) is 33.0. The zero-order valence-electron chi connectivity index (χ0n) is 26.5. The minimum absolute atomic E-state index is 0.0991. The Morgan fingerprint density at radius 3 is 2.20 bits per heavy atom. The fourth-order valence-electron chi connectivity index (χ4n) is 5.10. The van der Waals surface area contributed by atoms with E-state index < -0.39 is 17.4 Å². The Balaban J connectivity index is 1.34. The van der Waals surface area contributed by atoms with Crippen molar-refractivity contribution >= 4 is 23.3 Å². The molecule has 234 valence electrons. The van der Waals surface area contributed by atoms with Crippen LogP contribution in [0.4, 0.5) is 5.69 Å². The molecule has 4 aromatic rings. The van der Waals surface area contributed by atoms with Gasteiger partial charge in [0, 0.05) is 41.7 Å². The zero-order chi connectivity index (χ0) is 32.4. The van der Waals surface area contributed by atoms with Crippen LogP contribution in [0.15, 0.2) is 103 Å². The number of ether oxygens (including phenoxy) is 1. The molecule has 45 heavy (non-hydrogen) atoms. The molecule has 0 aliphatic carbocycles. The Labute approximate surface area is 265 Å². The highest BCUT2D eigenvalue weighted by molar-refractivity contribution is 6.12. The summed E-state index contributed by atoms with van der Waals surface area (Å²) in [6, 6.07) is 30.5. The number of hydrogen-bond donors (Lipinski definition) is 2. The number of aryl methyl sites for hydroxylation is 1. The molecule has 0 heterocycles. The minimum atomic E-state index is -1.02. The summed E-state index contributed by atoms with van der Waals surface area (Å²) in [4.78, 5) is 40.3. The SMILES string of the molecule is Cc1cccc(CN(CCCOc2ccc(C[C@H](Nc3ccccc3C(=O)c3ccccc3)C(=O)O)cc2)C(=O)C(C)(C)C)c1. The molecule has 0 spiro atoms. The number of ketones is 1. The number of carbonyl (C=O) groups excluding carboxylic acids is 2. The smallest absolute Gasteiger partial charge is 0.326 e. The first-order chi connectivity index (χ1) is 21.5. The normalized spacial score (nSPS) is 11.8. The first-order valence-corrected chi connectivity index (χ1v) is 15.3. The second-order valence-electron chi connectivity index (χ2n) is 12.3. The van der Waals surface area contributed by atoms with Gasteiger partial charge in [-0.15, -0.1) is 0 Å². The topological polar surface area (TPSA) is 95.9 Å². The highest BCUT2D eigenvalue weighted by Gasteiger charge is 2.27.